The summed E-state index contributed by atoms with van der Waals surface area (Å²) >= 11 is 0. The van der Waals surface area contributed by atoms with Gasteiger partial charge in [-0.05, 0) is 61.7 Å². The van der Waals surface area contributed by atoms with Gasteiger partial charge in [0.1, 0.15) is 12.4 Å². The number of hydrogen-bond acceptors (Lipinski definition) is 3. The lowest BCUT2D eigenvalue weighted by Gasteiger charge is -2.19. The molecule has 26 heavy (non-hydrogen) atoms. The molecule has 2 heterocycles. The summed E-state index contributed by atoms with van der Waals surface area (Å²) in [6, 6.07) is 17.9. The first-order valence-corrected chi connectivity index (χ1v) is 9.51. The molecule has 2 aliphatic rings. The van der Waals surface area contributed by atoms with Crippen LogP contribution >= 0.6 is 0 Å². The predicted octanol–water partition coefficient (Wildman–Crippen LogP) is 4.46. The standard InChI is InChI=1S/C23H26N2O/c1-25-15-3-4-21(25)17-26-22-12-8-19(9-13-22)16-18-6-10-20(11-7-18)23-5-2-14-24-23/h2,6-14,21H,3-5,15-17H2,1H3. The van der Waals surface area contributed by atoms with Crippen LogP contribution in [-0.4, -0.2) is 36.9 Å². The van der Waals surface area contributed by atoms with Gasteiger partial charge in [-0.1, -0.05) is 42.5 Å². The van der Waals surface area contributed by atoms with Crippen molar-refractivity contribution >= 4 is 5.71 Å². The molecule has 0 aromatic heterocycles. The minimum absolute atomic E-state index is 0.563. The van der Waals surface area contributed by atoms with Crippen molar-refractivity contribution in [2.75, 3.05) is 20.2 Å². The summed E-state index contributed by atoms with van der Waals surface area (Å²) in [6.45, 7) is 1.98. The van der Waals surface area contributed by atoms with Crippen LogP contribution in [0.3, 0.4) is 0 Å². The van der Waals surface area contributed by atoms with Crippen LogP contribution in [0.5, 0.6) is 5.75 Å². The van der Waals surface area contributed by atoms with Crippen LogP contribution in [0.1, 0.15) is 36.0 Å². The molecule has 4 rings (SSSR count). The molecule has 1 saturated heterocycles. The molecule has 3 heteroatoms. The summed E-state index contributed by atoms with van der Waals surface area (Å²) in [5, 5.41) is 0. The minimum Gasteiger partial charge on any atom is -0.492 e. The highest BCUT2D eigenvalue weighted by atomic mass is 16.5. The Hall–Kier alpha value is -2.39. The second-order valence-electron chi connectivity index (χ2n) is 7.27. The van der Waals surface area contributed by atoms with Gasteiger partial charge in [0.15, 0.2) is 0 Å². The van der Waals surface area contributed by atoms with Gasteiger partial charge >= 0.3 is 0 Å². The Kier molecular flexibility index (Phi) is 5.16. The Morgan fingerprint density at radius 3 is 2.38 bits per heavy atom. The molecular weight excluding hydrogens is 320 g/mol. The largest absolute Gasteiger partial charge is 0.492 e. The zero-order valence-corrected chi connectivity index (χ0v) is 15.4. The zero-order valence-electron chi connectivity index (χ0n) is 15.4. The van der Waals surface area contributed by atoms with Gasteiger partial charge in [0.05, 0.1) is 5.71 Å². The Balaban J connectivity index is 1.32. The van der Waals surface area contributed by atoms with Crippen molar-refractivity contribution in [1.29, 1.82) is 0 Å². The van der Waals surface area contributed by atoms with E-state index in [1.54, 1.807) is 0 Å². The van der Waals surface area contributed by atoms with Crippen LogP contribution in [0.15, 0.2) is 65.8 Å². The topological polar surface area (TPSA) is 24.8 Å². The van der Waals surface area contributed by atoms with Crippen LogP contribution in [0.25, 0.3) is 0 Å². The number of likely N-dealkylation sites (tertiary alicyclic amines) is 1. The molecule has 1 atom stereocenters. The van der Waals surface area contributed by atoms with Crippen molar-refractivity contribution in [2.45, 2.75) is 31.7 Å². The Bertz CT molecular complexity index is 790. The van der Waals surface area contributed by atoms with Crippen molar-refractivity contribution in [3.8, 4) is 5.75 Å². The van der Waals surface area contributed by atoms with E-state index in [1.165, 1.54) is 36.1 Å². The molecule has 0 aliphatic carbocycles. The quantitative estimate of drug-likeness (QED) is 0.771. The Morgan fingerprint density at radius 1 is 1.04 bits per heavy atom. The number of benzene rings is 2. The van der Waals surface area contributed by atoms with Gasteiger partial charge in [-0.2, -0.15) is 0 Å². The molecule has 0 radical (unpaired) electrons. The number of hydrogen-bond donors (Lipinski definition) is 0. The fourth-order valence-electron chi connectivity index (χ4n) is 3.69. The molecule has 134 valence electrons. The van der Waals surface area contributed by atoms with Gasteiger partial charge in [-0.25, -0.2) is 0 Å². The lowest BCUT2D eigenvalue weighted by atomic mass is 10.0. The van der Waals surface area contributed by atoms with Gasteiger partial charge in [-0.3, -0.25) is 4.99 Å². The zero-order chi connectivity index (χ0) is 17.8. The summed E-state index contributed by atoms with van der Waals surface area (Å²) in [5.41, 5.74) is 5.01. The van der Waals surface area contributed by atoms with E-state index in [4.69, 9.17) is 4.74 Å². The molecule has 1 fully saturated rings. The molecular formula is C23H26N2O. The average Bonchev–Trinajstić information content (AvgIpc) is 3.34. The van der Waals surface area contributed by atoms with Gasteiger partial charge in [-0.15, -0.1) is 0 Å². The summed E-state index contributed by atoms with van der Waals surface area (Å²) in [5.74, 6) is 0.969. The summed E-state index contributed by atoms with van der Waals surface area (Å²) in [7, 11) is 2.19. The average molecular weight is 346 g/mol. The first-order chi connectivity index (χ1) is 12.8. The number of likely N-dealkylation sites (N-methyl/N-ethyl adjacent to an activating group) is 1. The highest BCUT2D eigenvalue weighted by Gasteiger charge is 2.21. The lowest BCUT2D eigenvalue weighted by Crippen LogP contribution is -2.30. The number of allylic oxidation sites excluding steroid dienone is 1. The second-order valence-corrected chi connectivity index (χ2v) is 7.27. The molecule has 0 bridgehead atoms. The Morgan fingerprint density at radius 2 is 1.77 bits per heavy atom. The maximum absolute atomic E-state index is 5.98. The highest BCUT2D eigenvalue weighted by Crippen LogP contribution is 2.20. The number of nitrogens with zero attached hydrogens (tertiary/aromatic N) is 2. The SMILES string of the molecule is CN1CCCC1COc1ccc(Cc2ccc(C3=NC=CC3)cc2)cc1. The third-order valence-corrected chi connectivity index (χ3v) is 5.38. The third-order valence-electron chi connectivity index (χ3n) is 5.38. The molecule has 0 N–H and O–H groups in total. The molecule has 0 amide bonds. The van der Waals surface area contributed by atoms with Crippen molar-refractivity contribution in [3.63, 3.8) is 0 Å². The van der Waals surface area contributed by atoms with Crippen LogP contribution < -0.4 is 4.74 Å². The normalized spacial score (nSPS) is 19.7. The first kappa shape index (κ1) is 17.0. The van der Waals surface area contributed by atoms with Crippen LogP contribution in [0.4, 0.5) is 0 Å². The van der Waals surface area contributed by atoms with E-state index in [0.29, 0.717) is 6.04 Å². The number of ether oxygens (including phenoxy) is 1. The number of rotatable bonds is 6. The molecule has 2 aliphatic heterocycles. The van der Waals surface area contributed by atoms with Crippen molar-refractivity contribution in [1.82, 2.24) is 4.90 Å². The van der Waals surface area contributed by atoms with Crippen LogP contribution in [0, 0.1) is 0 Å². The lowest BCUT2D eigenvalue weighted by molar-refractivity contribution is 0.198. The maximum atomic E-state index is 5.98. The van der Waals surface area contributed by atoms with Crippen molar-refractivity contribution < 1.29 is 4.74 Å². The van der Waals surface area contributed by atoms with E-state index in [9.17, 15) is 0 Å². The van der Waals surface area contributed by atoms with Gasteiger partial charge in [0.25, 0.3) is 0 Å². The predicted molar refractivity (Wildman–Crippen MR) is 107 cm³/mol. The van der Waals surface area contributed by atoms with Gasteiger partial charge in [0.2, 0.25) is 0 Å². The van der Waals surface area contributed by atoms with E-state index in [0.717, 1.165) is 30.9 Å². The van der Waals surface area contributed by atoms with E-state index < -0.39 is 0 Å². The number of aliphatic imine (C=N–C) groups is 1. The first-order valence-electron chi connectivity index (χ1n) is 9.51. The van der Waals surface area contributed by atoms with Crippen molar-refractivity contribution in [3.05, 3.63) is 77.5 Å². The highest BCUT2D eigenvalue weighted by molar-refractivity contribution is 6.02. The fraction of sp³-hybridized carbons (Fsp3) is 0.348. The smallest absolute Gasteiger partial charge is 0.119 e. The van der Waals surface area contributed by atoms with E-state index in [2.05, 4.69) is 71.5 Å². The van der Waals surface area contributed by atoms with E-state index in [1.807, 2.05) is 6.20 Å². The summed E-state index contributed by atoms with van der Waals surface area (Å²) < 4.78 is 5.98. The molecule has 0 spiro atoms. The summed E-state index contributed by atoms with van der Waals surface area (Å²) in [6.07, 6.45) is 8.39. The molecule has 3 nitrogen and oxygen atoms in total. The van der Waals surface area contributed by atoms with E-state index >= 15 is 0 Å². The van der Waals surface area contributed by atoms with Crippen LogP contribution in [0.2, 0.25) is 0 Å². The molecule has 2 aromatic rings. The maximum Gasteiger partial charge on any atom is 0.119 e. The molecule has 0 saturated carbocycles. The molecule has 2 aromatic carbocycles. The summed E-state index contributed by atoms with van der Waals surface area (Å²) in [4.78, 5) is 6.79. The fourth-order valence-corrected chi connectivity index (χ4v) is 3.69. The van der Waals surface area contributed by atoms with Gasteiger partial charge < -0.3 is 9.64 Å². The van der Waals surface area contributed by atoms with Crippen LogP contribution in [-0.2, 0) is 6.42 Å². The Labute approximate surface area is 156 Å². The molecule has 1 unspecified atom stereocenters. The second kappa shape index (κ2) is 7.88. The third kappa shape index (κ3) is 4.05. The van der Waals surface area contributed by atoms with E-state index in [-0.39, 0.29) is 0 Å². The van der Waals surface area contributed by atoms with Gasteiger partial charge in [0, 0.05) is 18.7 Å². The minimum atomic E-state index is 0.563. The van der Waals surface area contributed by atoms with Crippen molar-refractivity contribution in [2.24, 2.45) is 4.99 Å². The monoisotopic (exact) mass is 346 g/mol.